The van der Waals surface area contributed by atoms with Gasteiger partial charge >= 0.3 is 10.8 Å². The van der Waals surface area contributed by atoms with E-state index in [9.17, 15) is 14.4 Å². The lowest BCUT2D eigenvalue weighted by Gasteiger charge is -2.16. The van der Waals surface area contributed by atoms with Crippen molar-refractivity contribution in [1.82, 2.24) is 4.98 Å². The molecule has 0 saturated heterocycles. The number of carbonyl (C=O) groups is 2. The average Bonchev–Trinajstić information content (AvgIpc) is 2.65. The van der Waals surface area contributed by atoms with E-state index < -0.39 is 11.6 Å². The quantitative estimate of drug-likeness (QED) is 0.446. The number of carbonyl (C=O) groups excluding carboxylic acids is 1. The van der Waals surface area contributed by atoms with Gasteiger partial charge in [-0.2, -0.15) is 0 Å². The number of carboxylic acid groups (broad SMARTS) is 1. The minimum Gasteiger partial charge on any atom is -0.478 e. The van der Waals surface area contributed by atoms with Crippen molar-refractivity contribution in [3.05, 3.63) is 20.7 Å². The molecule has 92 valence electrons. The van der Waals surface area contributed by atoms with Crippen LogP contribution in [0.25, 0.3) is 0 Å². The fourth-order valence-electron chi connectivity index (χ4n) is 0.742. The normalized spacial score (nSPS) is 12.2. The van der Waals surface area contributed by atoms with E-state index in [1.54, 1.807) is 0 Å². The summed E-state index contributed by atoms with van der Waals surface area (Å²) in [7, 11) is 0. The largest absolute Gasteiger partial charge is 0.478 e. The molecule has 0 atom stereocenters. The maximum absolute atomic E-state index is 10.9. The molecule has 0 aliphatic rings. The van der Waals surface area contributed by atoms with Crippen molar-refractivity contribution >= 4 is 29.3 Å². The molecular weight excluding hydrogens is 248 g/mol. The molecule has 0 fully saturated rings. The van der Waals surface area contributed by atoms with E-state index in [1.807, 2.05) is 0 Å². The Kier molecular flexibility index (Phi) is 3.79. The third-order valence-electron chi connectivity index (χ3n) is 1.80. The van der Waals surface area contributed by atoms with Gasteiger partial charge in [0.2, 0.25) is 5.60 Å². The van der Waals surface area contributed by atoms with Crippen LogP contribution in [0.1, 0.15) is 19.5 Å². The van der Waals surface area contributed by atoms with Gasteiger partial charge in [-0.25, -0.2) is 4.79 Å². The molecule has 2 N–H and O–H groups in total. The Labute approximate surface area is 99.7 Å². The molecule has 1 aromatic heterocycles. The molecule has 0 saturated carbocycles. The second kappa shape index (κ2) is 4.91. The molecule has 0 spiro atoms. The van der Waals surface area contributed by atoms with Crippen molar-refractivity contribution in [1.29, 1.82) is 0 Å². The van der Waals surface area contributed by atoms with Crippen LogP contribution >= 0.6 is 11.3 Å². The third-order valence-corrected chi connectivity index (χ3v) is 2.47. The van der Waals surface area contributed by atoms with Gasteiger partial charge in [-0.15, -0.1) is 0 Å². The Morgan fingerprint density at radius 2 is 2.29 bits per heavy atom. The van der Waals surface area contributed by atoms with Crippen LogP contribution in [0.5, 0.6) is 0 Å². The number of thiazole rings is 1. The molecule has 0 amide bonds. The summed E-state index contributed by atoms with van der Waals surface area (Å²) in [6.45, 7) is 2.58. The number of aldehydes is 1. The number of aliphatic carboxylic acids is 1. The van der Waals surface area contributed by atoms with Crippen molar-refractivity contribution in [2.45, 2.75) is 19.4 Å². The number of nitrogens with zero attached hydrogens (tertiary/aromatic N) is 1. The van der Waals surface area contributed by atoms with E-state index in [0.29, 0.717) is 6.29 Å². The predicted molar refractivity (Wildman–Crippen MR) is 60.3 cm³/mol. The van der Waals surface area contributed by atoms with E-state index in [4.69, 9.17) is 9.94 Å². The standard InChI is InChI=1S/C9H10N2O5S/c1-9(2,7(13)14)16-11-5(3-12)6-4-17-8(15)10-6/h3-4H,1-2H3,(H,10,15)(H,13,14). The highest BCUT2D eigenvalue weighted by atomic mass is 32.1. The molecule has 1 heterocycles. The van der Waals surface area contributed by atoms with Gasteiger partial charge in [0, 0.05) is 5.38 Å². The molecular formula is C9H10N2O5S. The number of oxime groups is 1. The van der Waals surface area contributed by atoms with Gasteiger partial charge in [0.25, 0.3) is 0 Å². The van der Waals surface area contributed by atoms with Crippen molar-refractivity contribution < 1.29 is 19.5 Å². The van der Waals surface area contributed by atoms with Crippen molar-refractivity contribution in [2.24, 2.45) is 5.16 Å². The number of carboxylic acids is 1. The molecule has 1 rings (SSSR count). The van der Waals surface area contributed by atoms with Gasteiger partial charge in [0.1, 0.15) is 0 Å². The lowest BCUT2D eigenvalue weighted by molar-refractivity contribution is -0.161. The van der Waals surface area contributed by atoms with E-state index in [0.717, 1.165) is 11.3 Å². The monoisotopic (exact) mass is 258 g/mol. The number of hydrogen-bond donors (Lipinski definition) is 2. The zero-order valence-corrected chi connectivity index (χ0v) is 9.91. The molecule has 1 aromatic rings. The molecule has 7 nitrogen and oxygen atoms in total. The number of hydrogen-bond acceptors (Lipinski definition) is 6. The number of rotatable bonds is 5. The molecule has 0 aliphatic carbocycles. The van der Waals surface area contributed by atoms with E-state index >= 15 is 0 Å². The zero-order chi connectivity index (χ0) is 13.1. The highest BCUT2D eigenvalue weighted by Crippen LogP contribution is 2.10. The molecule has 0 bridgehead atoms. The van der Waals surface area contributed by atoms with Crippen LogP contribution in [0.3, 0.4) is 0 Å². The first-order valence-corrected chi connectivity index (χ1v) is 5.37. The highest BCUT2D eigenvalue weighted by Gasteiger charge is 2.30. The minimum absolute atomic E-state index is 0.169. The van der Waals surface area contributed by atoms with Gasteiger partial charge in [0.05, 0.1) is 5.69 Å². The topological polar surface area (TPSA) is 109 Å². The second-order valence-corrected chi connectivity index (χ2v) is 4.41. The maximum Gasteiger partial charge on any atom is 0.350 e. The molecule has 0 aromatic carbocycles. The number of nitrogens with one attached hydrogen (secondary N) is 1. The smallest absolute Gasteiger partial charge is 0.350 e. The summed E-state index contributed by atoms with van der Waals surface area (Å²) >= 11 is 0.865. The first-order chi connectivity index (χ1) is 7.86. The van der Waals surface area contributed by atoms with Crippen molar-refractivity contribution in [2.75, 3.05) is 0 Å². The maximum atomic E-state index is 10.9. The lowest BCUT2D eigenvalue weighted by atomic mass is 10.1. The van der Waals surface area contributed by atoms with E-state index in [-0.39, 0.29) is 16.3 Å². The first-order valence-electron chi connectivity index (χ1n) is 4.50. The summed E-state index contributed by atoms with van der Waals surface area (Å²) in [5.41, 5.74) is -1.53. The number of H-pyrrole nitrogens is 1. The van der Waals surface area contributed by atoms with E-state index in [1.165, 1.54) is 19.2 Å². The minimum atomic E-state index is -1.55. The molecule has 0 radical (unpaired) electrons. The summed E-state index contributed by atoms with van der Waals surface area (Å²) in [4.78, 5) is 39.1. The summed E-state index contributed by atoms with van der Waals surface area (Å²) < 4.78 is 0. The summed E-state index contributed by atoms with van der Waals surface area (Å²) in [5.74, 6) is -1.22. The summed E-state index contributed by atoms with van der Waals surface area (Å²) in [6, 6.07) is 0. The van der Waals surface area contributed by atoms with Gasteiger partial charge in [-0.05, 0) is 13.8 Å². The van der Waals surface area contributed by atoms with Crippen LogP contribution < -0.4 is 4.87 Å². The van der Waals surface area contributed by atoms with Crippen LogP contribution in [0.4, 0.5) is 0 Å². The Morgan fingerprint density at radius 1 is 1.65 bits per heavy atom. The fourth-order valence-corrected chi connectivity index (χ4v) is 1.32. The Balaban J connectivity index is 2.93. The van der Waals surface area contributed by atoms with Gasteiger partial charge in [-0.1, -0.05) is 16.5 Å². The molecule has 0 unspecified atom stereocenters. The van der Waals surface area contributed by atoms with Crippen LogP contribution in [-0.4, -0.2) is 33.7 Å². The van der Waals surface area contributed by atoms with Crippen LogP contribution in [0, 0.1) is 0 Å². The molecule has 17 heavy (non-hydrogen) atoms. The van der Waals surface area contributed by atoms with Gasteiger partial charge < -0.3 is 14.9 Å². The summed E-state index contributed by atoms with van der Waals surface area (Å²) in [6.07, 6.45) is 0.371. The van der Waals surface area contributed by atoms with Crippen LogP contribution in [0.2, 0.25) is 0 Å². The second-order valence-electron chi connectivity index (χ2n) is 3.56. The highest BCUT2D eigenvalue weighted by molar-refractivity contribution is 7.07. The predicted octanol–water partition coefficient (Wildman–Crippen LogP) is 0.219. The first kappa shape index (κ1) is 13.1. The molecule has 8 heteroatoms. The van der Waals surface area contributed by atoms with Crippen LogP contribution in [0.15, 0.2) is 15.3 Å². The Morgan fingerprint density at radius 3 is 2.71 bits per heavy atom. The zero-order valence-electron chi connectivity index (χ0n) is 9.09. The number of aromatic nitrogens is 1. The number of aromatic amines is 1. The SMILES string of the molecule is CC(C)(ON=C(C=O)c1csc(=O)[nH]1)C(=O)O. The van der Waals surface area contributed by atoms with E-state index in [2.05, 4.69) is 10.1 Å². The average molecular weight is 258 g/mol. The van der Waals surface area contributed by atoms with Gasteiger partial charge in [-0.3, -0.25) is 9.59 Å². The van der Waals surface area contributed by atoms with Crippen molar-refractivity contribution in [3.8, 4) is 0 Å². The van der Waals surface area contributed by atoms with Crippen LogP contribution in [-0.2, 0) is 14.4 Å². The summed E-state index contributed by atoms with van der Waals surface area (Å²) in [5, 5.41) is 13.6. The Hall–Kier alpha value is -1.96. The fraction of sp³-hybridized carbons (Fsp3) is 0.333. The van der Waals surface area contributed by atoms with Gasteiger partial charge in [0.15, 0.2) is 12.0 Å². The van der Waals surface area contributed by atoms with Crippen molar-refractivity contribution in [3.63, 3.8) is 0 Å². The molecule has 0 aliphatic heterocycles. The lowest BCUT2D eigenvalue weighted by Crippen LogP contribution is -2.33. The third kappa shape index (κ3) is 3.25. The Bertz CT molecular complexity index is 513.